The predicted molar refractivity (Wildman–Crippen MR) is 260 cm³/mol. The van der Waals surface area contributed by atoms with E-state index in [1.54, 1.807) is 0 Å². The van der Waals surface area contributed by atoms with Crippen LogP contribution in [0.3, 0.4) is 0 Å². The third-order valence-corrected chi connectivity index (χ3v) is 13.6. The monoisotopic (exact) mass is 792 g/mol. The maximum absolute atomic E-state index is 6.70. The second-order valence-corrected chi connectivity index (χ2v) is 17.1. The summed E-state index contributed by atoms with van der Waals surface area (Å²) in [5.41, 5.74) is 15.0. The molecule has 0 radical (unpaired) electrons. The lowest BCUT2D eigenvalue weighted by molar-refractivity contribution is 0.426. The zero-order valence-corrected chi connectivity index (χ0v) is 34.2. The van der Waals surface area contributed by atoms with Crippen LogP contribution in [0.15, 0.2) is 211 Å². The van der Waals surface area contributed by atoms with E-state index in [9.17, 15) is 0 Å². The molecule has 62 heavy (non-hydrogen) atoms. The van der Waals surface area contributed by atoms with Crippen LogP contribution in [0.25, 0.3) is 105 Å². The molecule has 3 heteroatoms. The van der Waals surface area contributed by atoms with Gasteiger partial charge in [0, 0.05) is 43.9 Å². The number of benzene rings is 9. The summed E-state index contributed by atoms with van der Waals surface area (Å²) in [6.07, 6.45) is 5.43. The maximum Gasteiger partial charge on any atom is 0.134 e. The topological polar surface area (TPSA) is 23.0 Å². The van der Waals surface area contributed by atoms with Gasteiger partial charge >= 0.3 is 0 Å². The molecule has 0 saturated carbocycles. The van der Waals surface area contributed by atoms with Crippen molar-refractivity contribution < 1.29 is 4.42 Å². The molecule has 1 atom stereocenters. The quantitative estimate of drug-likeness (QED) is 0.170. The minimum atomic E-state index is -0.318. The number of fused-ring (bicyclic) bond motifs is 10. The highest BCUT2D eigenvalue weighted by atomic mass is 16.3. The summed E-state index contributed by atoms with van der Waals surface area (Å²) in [5, 5.41) is 8.63. The van der Waals surface area contributed by atoms with E-state index in [2.05, 4.69) is 228 Å². The van der Waals surface area contributed by atoms with E-state index < -0.39 is 0 Å². The SMILES string of the molecule is CC1(c2ccc3c(c2)c2cc(-c4ccc(-c5ccc6c(c5)c5ccccc5n6-c5ccccc5)cc4)ccc2n3-c2ccc3ccccc3c2)CC=Cc2c1oc1ccccc21. The first-order chi connectivity index (χ1) is 30.6. The Kier molecular flexibility index (Phi) is 7.50. The van der Waals surface area contributed by atoms with Crippen LogP contribution in [0.5, 0.6) is 0 Å². The number of furan rings is 1. The van der Waals surface area contributed by atoms with Gasteiger partial charge in [0.25, 0.3) is 0 Å². The molecule has 1 aliphatic carbocycles. The van der Waals surface area contributed by atoms with Gasteiger partial charge in [-0.3, -0.25) is 0 Å². The number of para-hydroxylation sites is 3. The van der Waals surface area contributed by atoms with E-state index in [1.165, 1.54) is 98.8 Å². The number of aromatic nitrogens is 2. The van der Waals surface area contributed by atoms with Crippen molar-refractivity contribution in [2.45, 2.75) is 18.8 Å². The van der Waals surface area contributed by atoms with Gasteiger partial charge < -0.3 is 13.6 Å². The van der Waals surface area contributed by atoms with Crippen molar-refractivity contribution in [3.05, 3.63) is 223 Å². The molecule has 1 unspecified atom stereocenters. The van der Waals surface area contributed by atoms with Gasteiger partial charge in [-0.2, -0.15) is 0 Å². The van der Waals surface area contributed by atoms with Crippen molar-refractivity contribution in [1.82, 2.24) is 9.13 Å². The van der Waals surface area contributed by atoms with Crippen LogP contribution in [0.2, 0.25) is 0 Å². The summed E-state index contributed by atoms with van der Waals surface area (Å²) >= 11 is 0. The van der Waals surface area contributed by atoms with Gasteiger partial charge in [-0.05, 0) is 125 Å². The van der Waals surface area contributed by atoms with Crippen LogP contribution in [-0.4, -0.2) is 9.13 Å². The molecule has 3 aromatic heterocycles. The molecular formula is C59H40N2O. The highest BCUT2D eigenvalue weighted by Crippen LogP contribution is 2.47. The Morgan fingerprint density at radius 3 is 1.74 bits per heavy atom. The van der Waals surface area contributed by atoms with Crippen molar-refractivity contribution in [3.63, 3.8) is 0 Å². The molecule has 0 N–H and O–H groups in total. The standard InChI is InChI=1S/C59H40N2O/c1-59(33-11-18-49-48-17-8-10-20-57(48)62-58(49)59)44-28-32-56-52(37-44)51-36-43(27-31-55(51)61(56)46-29-25-38-12-5-6-13-41(38)34-46)40-23-21-39(22-24-40)42-26-30-54-50(35-42)47-16-7-9-19-53(47)60(54)45-14-3-2-4-15-45/h2-32,34-37H,33H2,1H3. The molecule has 292 valence electrons. The average molecular weight is 793 g/mol. The third-order valence-electron chi connectivity index (χ3n) is 13.6. The Morgan fingerprint density at radius 1 is 0.419 bits per heavy atom. The van der Waals surface area contributed by atoms with Crippen LogP contribution in [0.4, 0.5) is 0 Å². The first-order valence-electron chi connectivity index (χ1n) is 21.5. The van der Waals surface area contributed by atoms with Crippen LogP contribution >= 0.6 is 0 Å². The molecule has 0 bridgehead atoms. The van der Waals surface area contributed by atoms with Crippen molar-refractivity contribution in [3.8, 4) is 33.6 Å². The summed E-state index contributed by atoms with van der Waals surface area (Å²) in [4.78, 5) is 0. The molecule has 13 rings (SSSR count). The molecule has 1 aliphatic rings. The Balaban J connectivity index is 0.940. The molecule has 0 fully saturated rings. The van der Waals surface area contributed by atoms with Gasteiger partial charge in [-0.25, -0.2) is 0 Å². The fourth-order valence-corrected chi connectivity index (χ4v) is 10.4. The first kappa shape index (κ1) is 34.9. The fourth-order valence-electron chi connectivity index (χ4n) is 10.4. The molecule has 3 heterocycles. The van der Waals surface area contributed by atoms with Crippen LogP contribution < -0.4 is 0 Å². The molecular weight excluding hydrogens is 753 g/mol. The van der Waals surface area contributed by atoms with E-state index in [0.717, 1.165) is 23.5 Å². The fraction of sp³-hybridized carbons (Fsp3) is 0.0508. The van der Waals surface area contributed by atoms with E-state index >= 15 is 0 Å². The number of nitrogens with zero attached hydrogens (tertiary/aromatic N) is 2. The van der Waals surface area contributed by atoms with E-state index in [0.29, 0.717) is 0 Å². The van der Waals surface area contributed by atoms with E-state index in [1.807, 2.05) is 0 Å². The molecule has 9 aromatic carbocycles. The summed E-state index contributed by atoms with van der Waals surface area (Å²) < 4.78 is 11.5. The first-order valence-corrected chi connectivity index (χ1v) is 21.5. The third kappa shape index (κ3) is 5.18. The van der Waals surface area contributed by atoms with Crippen molar-refractivity contribution in [1.29, 1.82) is 0 Å². The van der Waals surface area contributed by atoms with Crippen LogP contribution in [0, 0.1) is 0 Å². The predicted octanol–water partition coefficient (Wildman–Crippen LogP) is 15.8. The summed E-state index contributed by atoms with van der Waals surface area (Å²) in [5.74, 6) is 1.04. The van der Waals surface area contributed by atoms with Gasteiger partial charge in [0.05, 0.1) is 27.5 Å². The van der Waals surface area contributed by atoms with Gasteiger partial charge in [0.1, 0.15) is 11.3 Å². The van der Waals surface area contributed by atoms with Crippen LogP contribution in [-0.2, 0) is 5.41 Å². The molecule has 0 saturated heterocycles. The van der Waals surface area contributed by atoms with Gasteiger partial charge in [0.15, 0.2) is 0 Å². The lowest BCUT2D eigenvalue weighted by atomic mass is 9.73. The van der Waals surface area contributed by atoms with Gasteiger partial charge in [-0.1, -0.05) is 140 Å². The van der Waals surface area contributed by atoms with Crippen molar-refractivity contribution in [2.24, 2.45) is 0 Å². The van der Waals surface area contributed by atoms with Crippen LogP contribution in [0.1, 0.15) is 30.2 Å². The Bertz CT molecular complexity index is 3780. The van der Waals surface area contributed by atoms with Crippen molar-refractivity contribution >= 4 is 71.4 Å². The van der Waals surface area contributed by atoms with E-state index in [-0.39, 0.29) is 5.41 Å². The number of allylic oxidation sites excluding steroid dienone is 1. The Hall–Kier alpha value is -7.88. The second-order valence-electron chi connectivity index (χ2n) is 17.1. The molecule has 3 nitrogen and oxygen atoms in total. The smallest absolute Gasteiger partial charge is 0.134 e. The molecule has 0 spiro atoms. The summed E-state index contributed by atoms with van der Waals surface area (Å²) in [6, 6.07) is 73.3. The number of rotatable bonds is 5. The highest BCUT2D eigenvalue weighted by Gasteiger charge is 2.37. The summed E-state index contributed by atoms with van der Waals surface area (Å²) in [7, 11) is 0. The maximum atomic E-state index is 6.70. The Labute approximate surface area is 359 Å². The molecule has 0 aliphatic heterocycles. The largest absolute Gasteiger partial charge is 0.459 e. The van der Waals surface area contributed by atoms with Gasteiger partial charge in [-0.15, -0.1) is 0 Å². The Morgan fingerprint density at radius 2 is 0.984 bits per heavy atom. The average Bonchev–Trinajstić information content (AvgIpc) is 4.00. The van der Waals surface area contributed by atoms with Gasteiger partial charge in [0.2, 0.25) is 0 Å². The zero-order valence-electron chi connectivity index (χ0n) is 34.2. The highest BCUT2D eigenvalue weighted by molar-refractivity contribution is 6.12. The molecule has 12 aromatic rings. The zero-order chi connectivity index (χ0) is 40.9. The lowest BCUT2D eigenvalue weighted by Crippen LogP contribution is -2.25. The van der Waals surface area contributed by atoms with Crippen molar-refractivity contribution in [2.75, 3.05) is 0 Å². The molecule has 0 amide bonds. The summed E-state index contributed by atoms with van der Waals surface area (Å²) in [6.45, 7) is 2.34. The normalized spacial score (nSPS) is 15.1. The minimum Gasteiger partial charge on any atom is -0.459 e. The minimum absolute atomic E-state index is 0.318. The number of hydrogen-bond donors (Lipinski definition) is 0. The second kappa shape index (κ2) is 13.3. The lowest BCUT2D eigenvalue weighted by Gasteiger charge is -2.30. The number of hydrogen-bond acceptors (Lipinski definition) is 1. The van der Waals surface area contributed by atoms with E-state index in [4.69, 9.17) is 4.42 Å².